The number of rotatable bonds is 5. The van der Waals surface area contributed by atoms with Gasteiger partial charge in [-0.3, -0.25) is 0 Å². The fraction of sp³-hybridized carbons (Fsp3) is 0.105. The lowest BCUT2D eigenvalue weighted by Crippen LogP contribution is -2.02. The highest BCUT2D eigenvalue weighted by Gasteiger charge is 2.16. The van der Waals surface area contributed by atoms with Crippen LogP contribution < -0.4 is 10.1 Å². The first-order chi connectivity index (χ1) is 12.7. The molecule has 2 heterocycles. The van der Waals surface area contributed by atoms with Crippen LogP contribution in [0.5, 0.6) is 5.75 Å². The molecule has 0 radical (unpaired) electrons. The van der Waals surface area contributed by atoms with Crippen molar-refractivity contribution in [2.75, 3.05) is 12.4 Å². The highest BCUT2D eigenvalue weighted by Crippen LogP contribution is 2.31. The third-order valence-electron chi connectivity index (χ3n) is 3.98. The maximum atomic E-state index is 13.2. The standard InChI is InChI=1S/C19H15FN4O2/c1-25-15-4-2-3-12(9-15)10-21-18-16-17(13-5-7-14(20)8-6-13)24-26-19(16)23-11-22-18/h2-9,11H,10H2,1H3,(H,21,22,23). The van der Waals surface area contributed by atoms with Crippen LogP contribution in [0.25, 0.3) is 22.4 Å². The molecule has 7 heteroatoms. The lowest BCUT2D eigenvalue weighted by molar-refractivity contribution is 0.414. The van der Waals surface area contributed by atoms with Gasteiger partial charge in [-0.2, -0.15) is 4.98 Å². The molecule has 0 bridgehead atoms. The zero-order chi connectivity index (χ0) is 17.9. The minimum atomic E-state index is -0.311. The monoisotopic (exact) mass is 350 g/mol. The van der Waals surface area contributed by atoms with Crippen molar-refractivity contribution in [1.82, 2.24) is 15.1 Å². The van der Waals surface area contributed by atoms with E-state index in [0.29, 0.717) is 29.2 Å². The minimum Gasteiger partial charge on any atom is -0.497 e. The first-order valence-corrected chi connectivity index (χ1v) is 7.98. The van der Waals surface area contributed by atoms with E-state index in [1.54, 1.807) is 19.2 Å². The zero-order valence-corrected chi connectivity index (χ0v) is 13.9. The van der Waals surface area contributed by atoms with Crippen molar-refractivity contribution in [3.8, 4) is 17.0 Å². The molecule has 2 aromatic heterocycles. The molecular formula is C19H15FN4O2. The van der Waals surface area contributed by atoms with E-state index in [2.05, 4.69) is 20.4 Å². The Balaban J connectivity index is 1.68. The van der Waals surface area contributed by atoms with Crippen molar-refractivity contribution < 1.29 is 13.7 Å². The van der Waals surface area contributed by atoms with Crippen LogP contribution in [-0.4, -0.2) is 22.2 Å². The maximum absolute atomic E-state index is 13.2. The number of benzene rings is 2. The zero-order valence-electron chi connectivity index (χ0n) is 13.9. The molecule has 26 heavy (non-hydrogen) atoms. The predicted molar refractivity (Wildman–Crippen MR) is 95.3 cm³/mol. The third-order valence-corrected chi connectivity index (χ3v) is 3.98. The van der Waals surface area contributed by atoms with Crippen molar-refractivity contribution in [2.45, 2.75) is 6.54 Å². The van der Waals surface area contributed by atoms with Gasteiger partial charge in [0.25, 0.3) is 5.71 Å². The molecule has 0 aliphatic carbocycles. The van der Waals surface area contributed by atoms with E-state index in [4.69, 9.17) is 9.26 Å². The Hall–Kier alpha value is -3.48. The average Bonchev–Trinajstić information content (AvgIpc) is 3.12. The fourth-order valence-electron chi connectivity index (χ4n) is 2.69. The number of hydrogen-bond acceptors (Lipinski definition) is 6. The van der Waals surface area contributed by atoms with Crippen molar-refractivity contribution in [2.24, 2.45) is 0 Å². The van der Waals surface area contributed by atoms with E-state index in [1.165, 1.54) is 18.5 Å². The predicted octanol–water partition coefficient (Wildman–Crippen LogP) is 4.04. The second kappa shape index (κ2) is 6.79. The molecule has 6 nitrogen and oxygen atoms in total. The molecule has 4 aromatic rings. The average molecular weight is 350 g/mol. The molecule has 0 amide bonds. The van der Waals surface area contributed by atoms with E-state index in [0.717, 1.165) is 16.9 Å². The molecule has 0 aliphatic rings. The van der Waals surface area contributed by atoms with Gasteiger partial charge in [0.05, 0.1) is 7.11 Å². The van der Waals surface area contributed by atoms with Gasteiger partial charge in [-0.05, 0) is 42.0 Å². The normalized spacial score (nSPS) is 10.8. The molecule has 0 unspecified atom stereocenters. The number of hydrogen-bond donors (Lipinski definition) is 1. The smallest absolute Gasteiger partial charge is 0.263 e. The van der Waals surface area contributed by atoms with Crippen molar-refractivity contribution in [3.63, 3.8) is 0 Å². The Bertz CT molecular complexity index is 1050. The van der Waals surface area contributed by atoms with E-state index in [1.807, 2.05) is 24.3 Å². The van der Waals surface area contributed by atoms with E-state index in [-0.39, 0.29) is 5.82 Å². The summed E-state index contributed by atoms with van der Waals surface area (Å²) in [6.07, 6.45) is 1.41. The summed E-state index contributed by atoms with van der Waals surface area (Å²) < 4.78 is 23.8. The van der Waals surface area contributed by atoms with Crippen LogP contribution in [0, 0.1) is 5.82 Å². The van der Waals surface area contributed by atoms with Crippen LogP contribution in [-0.2, 0) is 6.54 Å². The van der Waals surface area contributed by atoms with Crippen molar-refractivity contribution >= 4 is 16.9 Å². The molecule has 0 aliphatic heterocycles. The molecular weight excluding hydrogens is 335 g/mol. The molecule has 0 saturated carbocycles. The van der Waals surface area contributed by atoms with Crippen molar-refractivity contribution in [3.05, 3.63) is 66.2 Å². The SMILES string of the molecule is COc1cccc(CNc2ncnc3onc(-c4ccc(F)cc4)c23)c1. The largest absolute Gasteiger partial charge is 0.497 e. The Morgan fingerprint density at radius 1 is 1.12 bits per heavy atom. The van der Waals surface area contributed by atoms with Crippen LogP contribution in [0.1, 0.15) is 5.56 Å². The molecule has 130 valence electrons. The molecule has 0 spiro atoms. The first kappa shape index (κ1) is 16.0. The number of nitrogens with one attached hydrogen (secondary N) is 1. The Morgan fingerprint density at radius 3 is 2.77 bits per heavy atom. The van der Waals surface area contributed by atoms with Gasteiger partial charge in [-0.25, -0.2) is 9.37 Å². The van der Waals surface area contributed by atoms with E-state index >= 15 is 0 Å². The number of aromatic nitrogens is 3. The summed E-state index contributed by atoms with van der Waals surface area (Å²) in [6, 6.07) is 13.8. The summed E-state index contributed by atoms with van der Waals surface area (Å²) >= 11 is 0. The van der Waals surface area contributed by atoms with Gasteiger partial charge < -0.3 is 14.6 Å². The van der Waals surface area contributed by atoms with E-state index in [9.17, 15) is 4.39 Å². The van der Waals surface area contributed by atoms with Gasteiger partial charge in [-0.1, -0.05) is 17.3 Å². The summed E-state index contributed by atoms with van der Waals surface area (Å²) in [5.41, 5.74) is 2.70. The van der Waals surface area contributed by atoms with Crippen LogP contribution in [0.2, 0.25) is 0 Å². The van der Waals surface area contributed by atoms with Gasteiger partial charge in [0, 0.05) is 12.1 Å². The van der Waals surface area contributed by atoms with Gasteiger partial charge in [0.15, 0.2) is 0 Å². The molecule has 2 aromatic carbocycles. The molecule has 4 rings (SSSR count). The second-order valence-corrected chi connectivity index (χ2v) is 5.65. The number of ether oxygens (including phenoxy) is 1. The topological polar surface area (TPSA) is 73.1 Å². The number of nitrogens with zero attached hydrogens (tertiary/aromatic N) is 3. The summed E-state index contributed by atoms with van der Waals surface area (Å²) in [5.74, 6) is 1.07. The van der Waals surface area contributed by atoms with Gasteiger partial charge in [0.2, 0.25) is 0 Å². The van der Waals surface area contributed by atoms with Crippen LogP contribution in [0.4, 0.5) is 10.2 Å². The molecule has 0 fully saturated rings. The Kier molecular flexibility index (Phi) is 4.18. The molecule has 0 atom stereocenters. The maximum Gasteiger partial charge on any atom is 0.263 e. The Labute approximate surface area is 148 Å². The van der Waals surface area contributed by atoms with Crippen LogP contribution in [0.15, 0.2) is 59.4 Å². The Morgan fingerprint density at radius 2 is 1.96 bits per heavy atom. The summed E-state index contributed by atoms with van der Waals surface area (Å²) in [6.45, 7) is 0.539. The lowest BCUT2D eigenvalue weighted by atomic mass is 10.1. The van der Waals surface area contributed by atoms with Crippen molar-refractivity contribution in [1.29, 1.82) is 0 Å². The summed E-state index contributed by atoms with van der Waals surface area (Å²) in [4.78, 5) is 8.43. The molecule has 1 N–H and O–H groups in total. The number of fused-ring (bicyclic) bond motifs is 1. The minimum absolute atomic E-state index is 0.311. The van der Waals surface area contributed by atoms with Gasteiger partial charge >= 0.3 is 0 Å². The lowest BCUT2D eigenvalue weighted by Gasteiger charge is -2.08. The fourth-order valence-corrected chi connectivity index (χ4v) is 2.69. The third kappa shape index (κ3) is 3.06. The first-order valence-electron chi connectivity index (χ1n) is 7.98. The summed E-state index contributed by atoms with van der Waals surface area (Å²) in [5, 5.41) is 8.02. The highest BCUT2D eigenvalue weighted by atomic mass is 19.1. The second-order valence-electron chi connectivity index (χ2n) is 5.65. The molecule has 0 saturated heterocycles. The van der Waals surface area contributed by atoms with Gasteiger partial charge in [-0.15, -0.1) is 0 Å². The summed E-state index contributed by atoms with van der Waals surface area (Å²) in [7, 11) is 1.63. The van der Waals surface area contributed by atoms with Crippen LogP contribution in [0.3, 0.4) is 0 Å². The number of halogens is 1. The number of methoxy groups -OCH3 is 1. The highest BCUT2D eigenvalue weighted by molar-refractivity contribution is 5.97. The quantitative estimate of drug-likeness (QED) is 0.585. The van der Waals surface area contributed by atoms with E-state index < -0.39 is 0 Å². The number of anilines is 1. The van der Waals surface area contributed by atoms with Gasteiger partial charge in [0.1, 0.15) is 34.8 Å². The van der Waals surface area contributed by atoms with Crippen LogP contribution >= 0.6 is 0 Å².